The van der Waals surface area contributed by atoms with E-state index < -0.39 is 5.60 Å². The quantitative estimate of drug-likeness (QED) is 0.275. The maximum Gasteiger partial charge on any atom is 0.251 e. The predicted octanol–water partition coefficient (Wildman–Crippen LogP) is 4.11. The summed E-state index contributed by atoms with van der Waals surface area (Å²) >= 11 is 6.48. The molecule has 4 aromatic rings. The first-order valence-corrected chi connectivity index (χ1v) is 11.4. The number of halogens is 1. The highest BCUT2D eigenvalue weighted by atomic mass is 35.5. The van der Waals surface area contributed by atoms with E-state index in [1.807, 2.05) is 16.8 Å². The van der Waals surface area contributed by atoms with Crippen LogP contribution in [0.2, 0.25) is 5.02 Å². The number of nitrogens with one attached hydrogen (secondary N) is 2. The SMILES string of the molecule is CC(C)(O)CNC(=O)c1cccc(Oc2ccc(Nc3ncnc4ccn(CCO)c34)cc2Cl)c1. The Kier molecular flexibility index (Phi) is 7.20. The lowest BCUT2D eigenvalue weighted by Crippen LogP contribution is -2.38. The third-order valence-electron chi connectivity index (χ3n) is 5.09. The van der Waals surface area contributed by atoms with E-state index in [1.165, 1.54) is 6.33 Å². The fourth-order valence-electron chi connectivity index (χ4n) is 3.44. The predicted molar refractivity (Wildman–Crippen MR) is 134 cm³/mol. The number of aliphatic hydroxyl groups excluding tert-OH is 1. The summed E-state index contributed by atoms with van der Waals surface area (Å²) in [7, 11) is 0. The van der Waals surface area contributed by atoms with E-state index in [9.17, 15) is 15.0 Å². The molecule has 0 atom stereocenters. The molecule has 10 heteroatoms. The molecule has 35 heavy (non-hydrogen) atoms. The molecule has 0 fully saturated rings. The normalized spacial score (nSPS) is 11.5. The molecule has 2 aromatic carbocycles. The number of fused-ring (bicyclic) bond motifs is 1. The lowest BCUT2D eigenvalue weighted by Gasteiger charge is -2.17. The van der Waals surface area contributed by atoms with Crippen molar-refractivity contribution in [2.75, 3.05) is 18.5 Å². The van der Waals surface area contributed by atoms with Crippen molar-refractivity contribution in [2.24, 2.45) is 0 Å². The van der Waals surface area contributed by atoms with Gasteiger partial charge in [0.15, 0.2) is 5.82 Å². The van der Waals surface area contributed by atoms with Crippen LogP contribution in [0.5, 0.6) is 11.5 Å². The molecule has 4 N–H and O–H groups in total. The summed E-state index contributed by atoms with van der Waals surface area (Å²) < 4.78 is 7.79. The van der Waals surface area contributed by atoms with Gasteiger partial charge in [0.2, 0.25) is 0 Å². The van der Waals surface area contributed by atoms with E-state index >= 15 is 0 Å². The van der Waals surface area contributed by atoms with Crippen molar-refractivity contribution in [3.05, 3.63) is 71.6 Å². The van der Waals surface area contributed by atoms with Crippen molar-refractivity contribution < 1.29 is 19.7 Å². The first-order valence-electron chi connectivity index (χ1n) is 11.0. The first-order chi connectivity index (χ1) is 16.7. The third kappa shape index (κ3) is 6.07. The summed E-state index contributed by atoms with van der Waals surface area (Å²) in [4.78, 5) is 21.0. The van der Waals surface area contributed by atoms with E-state index in [1.54, 1.807) is 56.3 Å². The summed E-state index contributed by atoms with van der Waals surface area (Å²) in [5.74, 6) is 1.14. The Hall–Kier alpha value is -3.66. The van der Waals surface area contributed by atoms with Crippen molar-refractivity contribution in [3.63, 3.8) is 0 Å². The monoisotopic (exact) mass is 495 g/mol. The molecule has 0 unspecified atom stereocenters. The maximum absolute atomic E-state index is 12.4. The molecule has 0 aliphatic carbocycles. The molecule has 0 radical (unpaired) electrons. The van der Waals surface area contributed by atoms with E-state index in [0.29, 0.717) is 40.1 Å². The van der Waals surface area contributed by atoms with Crippen LogP contribution in [0.25, 0.3) is 11.0 Å². The topological polar surface area (TPSA) is 122 Å². The van der Waals surface area contributed by atoms with Crippen molar-refractivity contribution in [3.8, 4) is 11.5 Å². The van der Waals surface area contributed by atoms with Gasteiger partial charge in [0, 0.05) is 30.5 Å². The minimum absolute atomic E-state index is 0.00173. The largest absolute Gasteiger partial charge is 0.456 e. The molecule has 0 aliphatic heterocycles. The molecule has 0 aliphatic rings. The minimum atomic E-state index is -1.01. The summed E-state index contributed by atoms with van der Waals surface area (Å²) in [5, 5.41) is 25.4. The molecule has 0 spiro atoms. The fraction of sp³-hybridized carbons (Fsp3) is 0.240. The van der Waals surface area contributed by atoms with E-state index in [4.69, 9.17) is 16.3 Å². The molecule has 9 nitrogen and oxygen atoms in total. The van der Waals surface area contributed by atoms with Crippen LogP contribution in [0, 0.1) is 0 Å². The van der Waals surface area contributed by atoms with E-state index in [-0.39, 0.29) is 19.1 Å². The Balaban J connectivity index is 1.50. The standard InChI is InChI=1S/C25H26ClN5O4/c1-25(2,34)14-27-24(33)16-4-3-5-18(12-16)35-21-7-6-17(13-19(21)26)30-23-22-20(28-15-29-23)8-9-31(22)10-11-32/h3-9,12-13,15,32,34H,10-11,14H2,1-2H3,(H,27,33)(H,28,29,30). The van der Waals surface area contributed by atoms with Gasteiger partial charge in [-0.3, -0.25) is 4.79 Å². The molecule has 0 bridgehead atoms. The summed E-state index contributed by atoms with van der Waals surface area (Å²) in [6.45, 7) is 3.79. The molecule has 2 heterocycles. The minimum Gasteiger partial charge on any atom is -0.456 e. The van der Waals surface area contributed by atoms with Gasteiger partial charge in [-0.25, -0.2) is 9.97 Å². The van der Waals surface area contributed by atoms with Gasteiger partial charge in [0.1, 0.15) is 23.3 Å². The number of carbonyl (C=O) groups excluding carboxylic acids is 1. The van der Waals surface area contributed by atoms with Crippen molar-refractivity contribution in [1.29, 1.82) is 0 Å². The number of aromatic nitrogens is 3. The smallest absolute Gasteiger partial charge is 0.251 e. The molecule has 0 saturated heterocycles. The van der Waals surface area contributed by atoms with Crippen molar-refractivity contribution in [1.82, 2.24) is 19.9 Å². The van der Waals surface area contributed by atoms with Crippen LogP contribution >= 0.6 is 11.6 Å². The van der Waals surface area contributed by atoms with Crippen LogP contribution in [-0.4, -0.2) is 49.4 Å². The number of hydrogen-bond acceptors (Lipinski definition) is 7. The Morgan fingerprint density at radius 1 is 1.17 bits per heavy atom. The zero-order chi connectivity index (χ0) is 25.0. The molecule has 0 saturated carbocycles. The second-order valence-electron chi connectivity index (χ2n) is 8.58. The zero-order valence-corrected chi connectivity index (χ0v) is 20.1. The highest BCUT2D eigenvalue weighted by Gasteiger charge is 2.16. The van der Waals surface area contributed by atoms with Gasteiger partial charge in [-0.15, -0.1) is 0 Å². The lowest BCUT2D eigenvalue weighted by atomic mass is 10.1. The lowest BCUT2D eigenvalue weighted by molar-refractivity contribution is 0.0694. The number of anilines is 2. The van der Waals surface area contributed by atoms with Gasteiger partial charge in [-0.1, -0.05) is 17.7 Å². The van der Waals surface area contributed by atoms with Crippen molar-refractivity contribution in [2.45, 2.75) is 26.0 Å². The van der Waals surface area contributed by atoms with Crippen LogP contribution in [-0.2, 0) is 6.54 Å². The molecule has 1 amide bonds. The molecule has 2 aromatic heterocycles. The zero-order valence-electron chi connectivity index (χ0n) is 19.3. The summed E-state index contributed by atoms with van der Waals surface area (Å²) in [6.07, 6.45) is 3.32. The number of hydrogen-bond donors (Lipinski definition) is 4. The van der Waals surface area contributed by atoms with Crippen molar-refractivity contribution >= 4 is 40.0 Å². The Labute approximate surface area is 207 Å². The van der Waals surface area contributed by atoms with Gasteiger partial charge in [0.25, 0.3) is 5.91 Å². The van der Waals surface area contributed by atoms with E-state index in [0.717, 1.165) is 11.0 Å². The number of nitrogens with zero attached hydrogens (tertiary/aromatic N) is 3. The average molecular weight is 496 g/mol. The summed E-state index contributed by atoms with van der Waals surface area (Å²) in [5.41, 5.74) is 1.62. The number of amides is 1. The Bertz CT molecular complexity index is 1350. The third-order valence-corrected chi connectivity index (χ3v) is 5.39. The Morgan fingerprint density at radius 2 is 2.00 bits per heavy atom. The van der Waals surface area contributed by atoms with Gasteiger partial charge in [0.05, 0.1) is 22.7 Å². The second kappa shape index (κ2) is 10.3. The molecular weight excluding hydrogens is 470 g/mol. The highest BCUT2D eigenvalue weighted by molar-refractivity contribution is 6.32. The maximum atomic E-state index is 12.4. The molecule has 4 rings (SSSR count). The van der Waals surface area contributed by atoms with E-state index in [2.05, 4.69) is 20.6 Å². The van der Waals surface area contributed by atoms with Gasteiger partial charge >= 0.3 is 0 Å². The Morgan fingerprint density at radius 3 is 2.74 bits per heavy atom. The second-order valence-corrected chi connectivity index (χ2v) is 8.99. The highest BCUT2D eigenvalue weighted by Crippen LogP contribution is 2.33. The number of ether oxygens (including phenoxy) is 1. The van der Waals surface area contributed by atoms with Crippen LogP contribution in [0.4, 0.5) is 11.5 Å². The first kappa shape index (κ1) is 24.5. The average Bonchev–Trinajstić information content (AvgIpc) is 3.23. The summed E-state index contributed by atoms with van der Waals surface area (Å²) in [6, 6.07) is 13.8. The molecule has 182 valence electrons. The van der Waals surface area contributed by atoms with Crippen LogP contribution in [0.15, 0.2) is 61.1 Å². The number of carbonyl (C=O) groups is 1. The number of benzene rings is 2. The number of rotatable bonds is 9. The number of aliphatic hydroxyl groups is 2. The molecular formula is C25H26ClN5O4. The van der Waals surface area contributed by atoms with Crippen LogP contribution in [0.3, 0.4) is 0 Å². The fourth-order valence-corrected chi connectivity index (χ4v) is 3.66. The van der Waals surface area contributed by atoms with Gasteiger partial charge in [-0.2, -0.15) is 0 Å². The van der Waals surface area contributed by atoms with Gasteiger partial charge < -0.3 is 30.2 Å². The van der Waals surface area contributed by atoms with Gasteiger partial charge in [-0.05, 0) is 56.3 Å². The van der Waals surface area contributed by atoms with Crippen LogP contribution in [0.1, 0.15) is 24.2 Å². The van der Waals surface area contributed by atoms with Crippen LogP contribution < -0.4 is 15.4 Å².